The second-order valence-electron chi connectivity index (χ2n) is 4.68. The van der Waals surface area contributed by atoms with Crippen molar-refractivity contribution in [1.82, 2.24) is 20.1 Å². The minimum absolute atomic E-state index is 0.229. The van der Waals surface area contributed by atoms with E-state index in [2.05, 4.69) is 46.7 Å². The van der Waals surface area contributed by atoms with E-state index in [0.29, 0.717) is 19.8 Å². The van der Waals surface area contributed by atoms with E-state index >= 15 is 0 Å². The first-order chi connectivity index (χ1) is 9.38. The van der Waals surface area contributed by atoms with Crippen molar-refractivity contribution in [3.63, 3.8) is 0 Å². The fourth-order valence-electron chi connectivity index (χ4n) is 2.45. The van der Waals surface area contributed by atoms with E-state index in [1.165, 1.54) is 11.1 Å². The molecule has 5 heteroatoms. The van der Waals surface area contributed by atoms with Gasteiger partial charge in [0.2, 0.25) is 0 Å². The number of aryl methyl sites for hydroxylation is 1. The predicted molar refractivity (Wildman–Crippen MR) is 71.4 cm³/mol. The van der Waals surface area contributed by atoms with Crippen LogP contribution in [0.15, 0.2) is 30.6 Å². The highest BCUT2D eigenvalue weighted by atomic mass is 16.5. The lowest BCUT2D eigenvalue weighted by Crippen LogP contribution is -2.30. The molecule has 0 aliphatic carbocycles. The Morgan fingerprint density at radius 2 is 2.32 bits per heavy atom. The average Bonchev–Trinajstić information content (AvgIpc) is 2.92. The molecule has 100 valence electrons. The standard InChI is InChI=1S/C14H18N4O/c1-2-18-10-16-17-14(18)7-15-13-9-19-8-11-5-3-4-6-12(11)13/h3-6,10,13,15H,2,7-9H2,1H3. The molecule has 2 aromatic rings. The van der Waals surface area contributed by atoms with Crippen LogP contribution in [0.2, 0.25) is 0 Å². The fourth-order valence-corrected chi connectivity index (χ4v) is 2.45. The summed E-state index contributed by atoms with van der Waals surface area (Å²) < 4.78 is 7.67. The zero-order valence-electron chi connectivity index (χ0n) is 11.0. The molecule has 1 aliphatic heterocycles. The topological polar surface area (TPSA) is 52.0 Å². The molecule has 1 aromatic heterocycles. The van der Waals surface area contributed by atoms with Crippen molar-refractivity contribution in [3.05, 3.63) is 47.5 Å². The van der Waals surface area contributed by atoms with Gasteiger partial charge in [0.25, 0.3) is 0 Å². The Morgan fingerprint density at radius 1 is 1.42 bits per heavy atom. The quantitative estimate of drug-likeness (QED) is 0.906. The molecule has 0 bridgehead atoms. The highest BCUT2D eigenvalue weighted by molar-refractivity contribution is 5.31. The summed E-state index contributed by atoms with van der Waals surface area (Å²) in [6, 6.07) is 8.65. The Hall–Kier alpha value is -1.72. The number of aromatic nitrogens is 3. The van der Waals surface area contributed by atoms with Crippen molar-refractivity contribution in [2.24, 2.45) is 0 Å². The molecule has 0 fully saturated rings. The first-order valence-corrected chi connectivity index (χ1v) is 6.64. The van der Waals surface area contributed by atoms with E-state index in [9.17, 15) is 0 Å². The van der Waals surface area contributed by atoms with Crippen LogP contribution in [0.1, 0.15) is 29.9 Å². The van der Waals surface area contributed by atoms with E-state index in [1.54, 1.807) is 6.33 Å². The van der Waals surface area contributed by atoms with Gasteiger partial charge in [-0.15, -0.1) is 10.2 Å². The van der Waals surface area contributed by atoms with Gasteiger partial charge in [-0.05, 0) is 18.1 Å². The molecule has 0 amide bonds. The van der Waals surface area contributed by atoms with Crippen molar-refractivity contribution in [2.45, 2.75) is 32.7 Å². The van der Waals surface area contributed by atoms with Crippen LogP contribution in [0.25, 0.3) is 0 Å². The maximum absolute atomic E-state index is 5.63. The van der Waals surface area contributed by atoms with Crippen LogP contribution in [0.4, 0.5) is 0 Å². The number of ether oxygens (including phenoxy) is 1. The van der Waals surface area contributed by atoms with Gasteiger partial charge in [-0.3, -0.25) is 0 Å². The highest BCUT2D eigenvalue weighted by Gasteiger charge is 2.20. The third kappa shape index (κ3) is 2.52. The monoisotopic (exact) mass is 258 g/mol. The molecule has 0 spiro atoms. The molecular formula is C14H18N4O. The van der Waals surface area contributed by atoms with E-state index in [1.807, 2.05) is 4.57 Å². The molecule has 2 heterocycles. The first-order valence-electron chi connectivity index (χ1n) is 6.64. The van der Waals surface area contributed by atoms with Crippen molar-refractivity contribution >= 4 is 0 Å². The van der Waals surface area contributed by atoms with Crippen molar-refractivity contribution < 1.29 is 4.74 Å². The first kappa shape index (κ1) is 12.3. The summed E-state index contributed by atoms with van der Waals surface area (Å²) in [6.45, 7) is 5.10. The highest BCUT2D eigenvalue weighted by Crippen LogP contribution is 2.24. The molecule has 0 radical (unpaired) electrons. The lowest BCUT2D eigenvalue weighted by molar-refractivity contribution is 0.0814. The molecule has 5 nitrogen and oxygen atoms in total. The molecular weight excluding hydrogens is 240 g/mol. The van der Waals surface area contributed by atoms with E-state index < -0.39 is 0 Å². The van der Waals surface area contributed by atoms with Crippen molar-refractivity contribution in [3.8, 4) is 0 Å². The van der Waals surface area contributed by atoms with Gasteiger partial charge >= 0.3 is 0 Å². The molecule has 0 saturated heterocycles. The van der Waals surface area contributed by atoms with Crippen LogP contribution in [0.3, 0.4) is 0 Å². The van der Waals surface area contributed by atoms with Gasteiger partial charge in [0.1, 0.15) is 12.2 Å². The summed E-state index contributed by atoms with van der Waals surface area (Å²) in [6.07, 6.45) is 1.77. The molecule has 1 unspecified atom stereocenters. The Morgan fingerprint density at radius 3 is 3.21 bits per heavy atom. The molecule has 1 atom stereocenters. The Kier molecular flexibility index (Phi) is 3.57. The van der Waals surface area contributed by atoms with Gasteiger partial charge in [0.15, 0.2) is 0 Å². The molecule has 1 N–H and O–H groups in total. The number of hydrogen-bond donors (Lipinski definition) is 1. The van der Waals surface area contributed by atoms with Crippen LogP contribution in [-0.4, -0.2) is 21.4 Å². The van der Waals surface area contributed by atoms with Crippen LogP contribution in [-0.2, 0) is 24.4 Å². The predicted octanol–water partition coefficient (Wildman–Crippen LogP) is 1.66. The maximum Gasteiger partial charge on any atom is 0.146 e. The molecule has 3 rings (SSSR count). The minimum Gasteiger partial charge on any atom is -0.375 e. The normalized spacial score (nSPS) is 18.3. The van der Waals surface area contributed by atoms with Gasteiger partial charge in [-0.25, -0.2) is 0 Å². The number of rotatable bonds is 4. The second-order valence-corrected chi connectivity index (χ2v) is 4.68. The molecule has 1 aromatic carbocycles. The summed E-state index contributed by atoms with van der Waals surface area (Å²) in [5.41, 5.74) is 2.60. The van der Waals surface area contributed by atoms with Crippen LogP contribution in [0.5, 0.6) is 0 Å². The van der Waals surface area contributed by atoms with Crippen LogP contribution >= 0.6 is 0 Å². The summed E-state index contributed by atoms with van der Waals surface area (Å²) in [5.74, 6) is 0.963. The summed E-state index contributed by atoms with van der Waals surface area (Å²) in [4.78, 5) is 0. The minimum atomic E-state index is 0.229. The molecule has 1 aliphatic rings. The van der Waals surface area contributed by atoms with E-state index in [0.717, 1.165) is 12.4 Å². The van der Waals surface area contributed by atoms with Crippen LogP contribution < -0.4 is 5.32 Å². The fraction of sp³-hybridized carbons (Fsp3) is 0.429. The van der Waals surface area contributed by atoms with Gasteiger partial charge < -0.3 is 14.6 Å². The number of hydrogen-bond acceptors (Lipinski definition) is 4. The summed E-state index contributed by atoms with van der Waals surface area (Å²) in [5, 5.41) is 11.6. The Balaban J connectivity index is 1.71. The Bertz CT molecular complexity index is 552. The van der Waals surface area contributed by atoms with Gasteiger partial charge in [-0.1, -0.05) is 24.3 Å². The number of nitrogens with one attached hydrogen (secondary N) is 1. The van der Waals surface area contributed by atoms with Gasteiger partial charge in [-0.2, -0.15) is 0 Å². The summed E-state index contributed by atoms with van der Waals surface area (Å²) >= 11 is 0. The lowest BCUT2D eigenvalue weighted by Gasteiger charge is -2.26. The second kappa shape index (κ2) is 5.50. The smallest absolute Gasteiger partial charge is 0.146 e. The van der Waals surface area contributed by atoms with Crippen LogP contribution in [0, 0.1) is 0 Å². The van der Waals surface area contributed by atoms with Gasteiger partial charge in [0.05, 0.1) is 25.8 Å². The SMILES string of the molecule is CCn1cnnc1CNC1COCc2ccccc21. The molecule has 0 saturated carbocycles. The van der Waals surface area contributed by atoms with Crippen molar-refractivity contribution in [1.29, 1.82) is 0 Å². The maximum atomic E-state index is 5.63. The van der Waals surface area contributed by atoms with E-state index in [4.69, 9.17) is 4.74 Å². The van der Waals surface area contributed by atoms with Crippen molar-refractivity contribution in [2.75, 3.05) is 6.61 Å². The zero-order chi connectivity index (χ0) is 13.1. The number of nitrogens with zero attached hydrogens (tertiary/aromatic N) is 3. The average molecular weight is 258 g/mol. The largest absolute Gasteiger partial charge is 0.375 e. The lowest BCUT2D eigenvalue weighted by atomic mass is 9.99. The zero-order valence-corrected chi connectivity index (χ0v) is 11.0. The van der Waals surface area contributed by atoms with Gasteiger partial charge in [0, 0.05) is 6.54 Å². The summed E-state index contributed by atoms with van der Waals surface area (Å²) in [7, 11) is 0. The molecule has 19 heavy (non-hydrogen) atoms. The Labute approximate surface area is 112 Å². The number of fused-ring (bicyclic) bond motifs is 1. The van der Waals surface area contributed by atoms with E-state index in [-0.39, 0.29) is 6.04 Å². The third-order valence-electron chi connectivity index (χ3n) is 3.52. The third-order valence-corrected chi connectivity index (χ3v) is 3.52. The number of benzene rings is 1.